The fourth-order valence-corrected chi connectivity index (χ4v) is 2.07. The fraction of sp³-hybridized carbons (Fsp3) is 0.474. The number of nitrogens with zero attached hydrogens (tertiary/aromatic N) is 1. The molecule has 0 amide bonds. The Morgan fingerprint density at radius 2 is 2.04 bits per heavy atom. The topological polar surface area (TPSA) is 71.3 Å². The standard InChI is InChI=1S/C19H26N2O3/c1-3-5-6-7-8-12-24-18-11-9-10-17(13-18)21-15-16(14-20)19(22)23-4-2/h9-11,13,15,21H,3-8,12H2,1-2H3/b16-15-. The summed E-state index contributed by atoms with van der Waals surface area (Å²) in [6, 6.07) is 9.24. The number of carbonyl (C=O) groups is 1. The summed E-state index contributed by atoms with van der Waals surface area (Å²) >= 11 is 0. The molecule has 130 valence electrons. The summed E-state index contributed by atoms with van der Waals surface area (Å²) in [5.74, 6) is 0.130. The second-order valence-corrected chi connectivity index (χ2v) is 5.33. The van der Waals surface area contributed by atoms with Gasteiger partial charge < -0.3 is 14.8 Å². The first-order valence-electron chi connectivity index (χ1n) is 8.48. The first-order chi connectivity index (χ1) is 11.7. The first-order valence-corrected chi connectivity index (χ1v) is 8.48. The average molecular weight is 330 g/mol. The van der Waals surface area contributed by atoms with Gasteiger partial charge in [-0.1, -0.05) is 38.7 Å². The normalized spacial score (nSPS) is 10.8. The van der Waals surface area contributed by atoms with Gasteiger partial charge in [0.2, 0.25) is 0 Å². The lowest BCUT2D eigenvalue weighted by Gasteiger charge is -2.08. The van der Waals surface area contributed by atoms with Crippen LogP contribution in [0.5, 0.6) is 5.75 Å². The van der Waals surface area contributed by atoms with Crippen molar-refractivity contribution in [1.29, 1.82) is 5.26 Å². The van der Waals surface area contributed by atoms with Crippen molar-refractivity contribution < 1.29 is 14.3 Å². The number of nitrogens with one attached hydrogen (secondary N) is 1. The molecule has 1 aromatic rings. The van der Waals surface area contributed by atoms with Crippen LogP contribution < -0.4 is 10.1 Å². The summed E-state index contributed by atoms with van der Waals surface area (Å²) in [5.41, 5.74) is 0.676. The third-order valence-electron chi connectivity index (χ3n) is 3.35. The van der Waals surface area contributed by atoms with Crippen LogP contribution in [-0.4, -0.2) is 19.2 Å². The maximum atomic E-state index is 11.5. The van der Waals surface area contributed by atoms with E-state index in [1.807, 2.05) is 30.3 Å². The van der Waals surface area contributed by atoms with Crippen LogP contribution in [0.25, 0.3) is 0 Å². The van der Waals surface area contributed by atoms with Gasteiger partial charge in [0.1, 0.15) is 11.8 Å². The van der Waals surface area contributed by atoms with E-state index < -0.39 is 5.97 Å². The quantitative estimate of drug-likeness (QED) is 0.281. The number of esters is 1. The molecule has 1 rings (SSSR count). The third kappa shape index (κ3) is 7.68. The minimum Gasteiger partial charge on any atom is -0.494 e. The van der Waals surface area contributed by atoms with Gasteiger partial charge in [-0.3, -0.25) is 0 Å². The van der Waals surface area contributed by atoms with Crippen LogP contribution in [0.4, 0.5) is 5.69 Å². The Kier molecular flexibility index (Phi) is 9.79. The van der Waals surface area contributed by atoms with Crippen molar-refractivity contribution >= 4 is 11.7 Å². The minimum atomic E-state index is -0.632. The van der Waals surface area contributed by atoms with Gasteiger partial charge in [0, 0.05) is 18.0 Å². The Morgan fingerprint density at radius 1 is 1.25 bits per heavy atom. The van der Waals surface area contributed by atoms with Gasteiger partial charge in [-0.05, 0) is 25.5 Å². The molecule has 0 spiro atoms. The van der Waals surface area contributed by atoms with Gasteiger partial charge in [0.15, 0.2) is 5.57 Å². The number of ether oxygens (including phenoxy) is 2. The highest BCUT2D eigenvalue weighted by atomic mass is 16.5. The predicted octanol–water partition coefficient (Wildman–Crippen LogP) is 4.42. The fourth-order valence-electron chi connectivity index (χ4n) is 2.07. The maximum Gasteiger partial charge on any atom is 0.350 e. The van der Waals surface area contributed by atoms with Gasteiger partial charge >= 0.3 is 5.97 Å². The van der Waals surface area contributed by atoms with Crippen LogP contribution in [0.1, 0.15) is 46.0 Å². The number of anilines is 1. The summed E-state index contributed by atoms with van der Waals surface area (Å²) in [5, 5.41) is 11.9. The Labute approximate surface area is 144 Å². The van der Waals surface area contributed by atoms with E-state index in [1.165, 1.54) is 31.9 Å². The van der Waals surface area contributed by atoms with Crippen molar-refractivity contribution in [3.8, 4) is 11.8 Å². The number of hydrogen-bond donors (Lipinski definition) is 1. The van der Waals surface area contributed by atoms with E-state index in [0.717, 1.165) is 17.9 Å². The first kappa shape index (κ1) is 19.6. The van der Waals surface area contributed by atoms with E-state index >= 15 is 0 Å². The zero-order chi connectivity index (χ0) is 17.6. The smallest absolute Gasteiger partial charge is 0.350 e. The van der Waals surface area contributed by atoms with Gasteiger partial charge in [-0.25, -0.2) is 4.79 Å². The lowest BCUT2D eigenvalue weighted by Crippen LogP contribution is -2.07. The molecule has 24 heavy (non-hydrogen) atoms. The molecule has 0 saturated carbocycles. The summed E-state index contributed by atoms with van der Waals surface area (Å²) in [6.45, 7) is 4.82. The van der Waals surface area contributed by atoms with Crippen molar-refractivity contribution in [1.82, 2.24) is 0 Å². The van der Waals surface area contributed by atoms with Gasteiger partial charge in [-0.15, -0.1) is 0 Å². The molecule has 5 nitrogen and oxygen atoms in total. The molecule has 0 bridgehead atoms. The Hall–Kier alpha value is -2.48. The van der Waals surface area contributed by atoms with Crippen molar-refractivity contribution in [2.75, 3.05) is 18.5 Å². The second kappa shape index (κ2) is 12.0. The highest BCUT2D eigenvalue weighted by molar-refractivity contribution is 5.93. The van der Waals surface area contributed by atoms with Crippen molar-refractivity contribution in [3.05, 3.63) is 36.0 Å². The molecule has 5 heteroatoms. The molecule has 0 aliphatic rings. The molecule has 0 saturated heterocycles. The number of hydrogen-bond acceptors (Lipinski definition) is 5. The molecule has 0 fully saturated rings. The number of benzene rings is 1. The van der Waals surface area contributed by atoms with Gasteiger partial charge in [0.25, 0.3) is 0 Å². The van der Waals surface area contributed by atoms with Crippen LogP contribution in [0.2, 0.25) is 0 Å². The van der Waals surface area contributed by atoms with E-state index in [1.54, 1.807) is 6.92 Å². The van der Waals surface area contributed by atoms with E-state index in [0.29, 0.717) is 6.61 Å². The molecule has 0 aliphatic heterocycles. The molecule has 0 aromatic heterocycles. The number of carbonyl (C=O) groups excluding carboxylic acids is 1. The average Bonchev–Trinajstić information content (AvgIpc) is 2.59. The molecular weight excluding hydrogens is 304 g/mol. The number of nitriles is 1. The molecule has 1 N–H and O–H groups in total. The zero-order valence-electron chi connectivity index (χ0n) is 14.5. The van der Waals surface area contributed by atoms with E-state index in [4.69, 9.17) is 14.7 Å². The maximum absolute atomic E-state index is 11.5. The lowest BCUT2D eigenvalue weighted by molar-refractivity contribution is -0.138. The van der Waals surface area contributed by atoms with Crippen LogP contribution in [0.15, 0.2) is 36.0 Å². The van der Waals surface area contributed by atoms with E-state index in [2.05, 4.69) is 12.2 Å². The Balaban J connectivity index is 2.50. The summed E-state index contributed by atoms with van der Waals surface area (Å²) < 4.78 is 10.5. The Morgan fingerprint density at radius 3 is 2.75 bits per heavy atom. The number of rotatable bonds is 11. The summed E-state index contributed by atoms with van der Waals surface area (Å²) in [7, 11) is 0. The van der Waals surface area contributed by atoms with Crippen molar-refractivity contribution in [3.63, 3.8) is 0 Å². The van der Waals surface area contributed by atoms with E-state index in [-0.39, 0.29) is 12.2 Å². The van der Waals surface area contributed by atoms with Crippen molar-refractivity contribution in [2.24, 2.45) is 0 Å². The largest absolute Gasteiger partial charge is 0.494 e. The molecular formula is C19H26N2O3. The van der Waals surface area contributed by atoms with Crippen LogP contribution >= 0.6 is 0 Å². The summed E-state index contributed by atoms with van der Waals surface area (Å²) in [6.07, 6.45) is 7.32. The molecule has 0 radical (unpaired) electrons. The SMILES string of the molecule is CCCCCCCOc1cccc(N/C=C(/C#N)C(=O)OCC)c1. The molecule has 0 heterocycles. The molecule has 0 atom stereocenters. The second-order valence-electron chi connectivity index (χ2n) is 5.33. The Bertz CT molecular complexity index is 576. The third-order valence-corrected chi connectivity index (χ3v) is 3.35. The molecule has 0 unspecified atom stereocenters. The van der Waals surface area contributed by atoms with Crippen LogP contribution in [-0.2, 0) is 9.53 Å². The van der Waals surface area contributed by atoms with Crippen LogP contribution in [0.3, 0.4) is 0 Å². The monoisotopic (exact) mass is 330 g/mol. The van der Waals surface area contributed by atoms with Crippen molar-refractivity contribution in [2.45, 2.75) is 46.0 Å². The zero-order valence-corrected chi connectivity index (χ0v) is 14.5. The molecule has 0 aliphatic carbocycles. The lowest BCUT2D eigenvalue weighted by atomic mass is 10.2. The van der Waals surface area contributed by atoms with E-state index in [9.17, 15) is 4.79 Å². The van der Waals surface area contributed by atoms with Crippen LogP contribution in [0, 0.1) is 11.3 Å². The summed E-state index contributed by atoms with van der Waals surface area (Å²) in [4.78, 5) is 11.5. The highest BCUT2D eigenvalue weighted by Crippen LogP contribution is 2.18. The predicted molar refractivity (Wildman–Crippen MR) is 94.6 cm³/mol. The minimum absolute atomic E-state index is 0.0703. The van der Waals surface area contributed by atoms with Gasteiger partial charge in [0.05, 0.1) is 13.2 Å². The van der Waals surface area contributed by atoms with Gasteiger partial charge in [-0.2, -0.15) is 5.26 Å². The highest BCUT2D eigenvalue weighted by Gasteiger charge is 2.09. The molecule has 1 aromatic carbocycles. The number of unbranched alkanes of at least 4 members (excludes halogenated alkanes) is 4.